The Morgan fingerprint density at radius 3 is 2.25 bits per heavy atom. The minimum absolute atomic E-state index is 0.00949. The first-order valence-corrected chi connectivity index (χ1v) is 5.51. The molecular weight excluding hydrogens is 208 g/mol. The first-order chi connectivity index (χ1) is 7.21. The number of carboxylic acid groups (broad SMARTS) is 1. The molecule has 90 valence electrons. The summed E-state index contributed by atoms with van der Waals surface area (Å²) >= 11 is 0. The van der Waals surface area contributed by atoms with Gasteiger partial charge in [-0.2, -0.15) is 0 Å². The van der Waals surface area contributed by atoms with Crippen molar-refractivity contribution in [3.05, 3.63) is 0 Å². The van der Waals surface area contributed by atoms with Crippen LogP contribution in [0.2, 0.25) is 0 Å². The number of carbonyl (C=O) groups is 2. The van der Waals surface area contributed by atoms with Crippen molar-refractivity contribution < 1.29 is 14.7 Å². The molecule has 2 rings (SSSR count). The number of likely N-dealkylation sites (tertiary alicyclic amines) is 1. The molecule has 1 saturated carbocycles. The summed E-state index contributed by atoms with van der Waals surface area (Å²) < 4.78 is 0. The van der Waals surface area contributed by atoms with E-state index in [-0.39, 0.29) is 16.9 Å². The molecule has 2 amide bonds. The predicted octanol–water partition coefficient (Wildman–Crippen LogP) is 1.03. The van der Waals surface area contributed by atoms with Gasteiger partial charge in [0.25, 0.3) is 0 Å². The summed E-state index contributed by atoms with van der Waals surface area (Å²) in [7, 11) is 0. The van der Waals surface area contributed by atoms with Gasteiger partial charge >= 0.3 is 6.09 Å². The van der Waals surface area contributed by atoms with Gasteiger partial charge in [0.2, 0.25) is 5.91 Å². The van der Waals surface area contributed by atoms with Crippen LogP contribution in [0.25, 0.3) is 0 Å². The molecule has 2 aliphatic rings. The standard InChI is InChI=1S/C11H18N2O3/c1-10(2,3)11-4-6(8(12)14)13(9(15)16)7(11)5-11/h6-7H,4-5H2,1-3H3,(H2,12,14)(H,15,16)/t6-,7-,11?/m0/s1. The second-order valence-electron chi connectivity index (χ2n) is 5.94. The first-order valence-electron chi connectivity index (χ1n) is 5.51. The highest BCUT2D eigenvalue weighted by molar-refractivity contribution is 5.85. The molecule has 5 heteroatoms. The average Bonchev–Trinajstić information content (AvgIpc) is 2.71. The Morgan fingerprint density at radius 1 is 1.38 bits per heavy atom. The Balaban J connectivity index is 2.30. The molecule has 0 bridgehead atoms. The number of piperidine rings is 1. The summed E-state index contributed by atoms with van der Waals surface area (Å²) in [6, 6.07) is -0.669. The Bertz CT molecular complexity index is 361. The Kier molecular flexibility index (Phi) is 2.03. The zero-order chi connectivity index (χ0) is 12.3. The second kappa shape index (κ2) is 2.90. The quantitative estimate of drug-likeness (QED) is 0.700. The largest absolute Gasteiger partial charge is 0.465 e. The molecule has 1 aliphatic carbocycles. The highest BCUT2D eigenvalue weighted by Crippen LogP contribution is 2.67. The van der Waals surface area contributed by atoms with Gasteiger partial charge in [0.05, 0.1) is 0 Å². The van der Waals surface area contributed by atoms with Crippen molar-refractivity contribution in [2.24, 2.45) is 16.6 Å². The van der Waals surface area contributed by atoms with Gasteiger partial charge in [-0.25, -0.2) is 4.79 Å². The van der Waals surface area contributed by atoms with Gasteiger partial charge in [0.1, 0.15) is 6.04 Å². The molecule has 3 atom stereocenters. The third-order valence-corrected chi connectivity index (χ3v) is 4.31. The molecule has 0 aromatic carbocycles. The van der Waals surface area contributed by atoms with Gasteiger partial charge in [-0.3, -0.25) is 9.69 Å². The monoisotopic (exact) mass is 226 g/mol. The number of fused-ring (bicyclic) bond motifs is 1. The minimum atomic E-state index is -1.03. The summed E-state index contributed by atoms with van der Waals surface area (Å²) in [4.78, 5) is 23.7. The Labute approximate surface area is 94.6 Å². The van der Waals surface area contributed by atoms with Crippen LogP contribution < -0.4 is 5.73 Å². The van der Waals surface area contributed by atoms with Gasteiger partial charge < -0.3 is 10.8 Å². The molecule has 1 heterocycles. The second-order valence-corrected chi connectivity index (χ2v) is 5.94. The minimum Gasteiger partial charge on any atom is -0.465 e. The molecular formula is C11H18N2O3. The molecule has 5 nitrogen and oxygen atoms in total. The number of rotatable bonds is 1. The summed E-state index contributed by atoms with van der Waals surface area (Å²) in [5.41, 5.74) is 5.23. The molecule has 1 aliphatic heterocycles. The number of hydrogen-bond acceptors (Lipinski definition) is 2. The summed E-state index contributed by atoms with van der Waals surface area (Å²) in [5, 5.41) is 9.13. The first kappa shape index (κ1) is 11.2. The summed E-state index contributed by atoms with van der Waals surface area (Å²) in [6.07, 6.45) is 0.396. The van der Waals surface area contributed by atoms with Crippen LogP contribution in [0.15, 0.2) is 0 Å². The molecule has 1 saturated heterocycles. The van der Waals surface area contributed by atoms with E-state index in [9.17, 15) is 9.59 Å². The summed E-state index contributed by atoms with van der Waals surface area (Å²) in [5.74, 6) is -0.529. The maximum atomic E-state index is 11.3. The SMILES string of the molecule is CC(C)(C)C12C[C@@H]1N(C(=O)O)[C@H](C(N)=O)C2. The van der Waals surface area contributed by atoms with Crippen LogP contribution in [-0.2, 0) is 4.79 Å². The Hall–Kier alpha value is -1.26. The van der Waals surface area contributed by atoms with Crippen LogP contribution in [0.5, 0.6) is 0 Å². The van der Waals surface area contributed by atoms with E-state index in [0.717, 1.165) is 6.42 Å². The molecule has 0 aromatic heterocycles. The van der Waals surface area contributed by atoms with Gasteiger partial charge in [0, 0.05) is 11.5 Å². The zero-order valence-electron chi connectivity index (χ0n) is 9.86. The predicted molar refractivity (Wildman–Crippen MR) is 57.8 cm³/mol. The Morgan fingerprint density at radius 2 is 1.94 bits per heavy atom. The fourth-order valence-electron chi connectivity index (χ4n) is 3.15. The number of hydrogen-bond donors (Lipinski definition) is 2. The lowest BCUT2D eigenvalue weighted by Crippen LogP contribution is -2.45. The molecule has 1 unspecified atom stereocenters. The van der Waals surface area contributed by atoms with Crippen molar-refractivity contribution in [1.82, 2.24) is 4.90 Å². The molecule has 2 fully saturated rings. The van der Waals surface area contributed by atoms with Crippen molar-refractivity contribution in [3.8, 4) is 0 Å². The van der Waals surface area contributed by atoms with Crippen molar-refractivity contribution in [1.29, 1.82) is 0 Å². The van der Waals surface area contributed by atoms with Crippen LogP contribution in [0.3, 0.4) is 0 Å². The van der Waals surface area contributed by atoms with Gasteiger partial charge in [-0.05, 0) is 18.3 Å². The molecule has 0 spiro atoms. The van der Waals surface area contributed by atoms with Crippen molar-refractivity contribution >= 4 is 12.0 Å². The van der Waals surface area contributed by atoms with Crippen molar-refractivity contribution in [3.63, 3.8) is 0 Å². The van der Waals surface area contributed by atoms with E-state index in [2.05, 4.69) is 20.8 Å². The van der Waals surface area contributed by atoms with Crippen LogP contribution in [0.4, 0.5) is 4.79 Å². The zero-order valence-corrected chi connectivity index (χ0v) is 9.86. The molecule has 0 radical (unpaired) electrons. The maximum Gasteiger partial charge on any atom is 0.408 e. The lowest BCUT2D eigenvalue weighted by atomic mass is 9.75. The lowest BCUT2D eigenvalue weighted by molar-refractivity contribution is -0.122. The third-order valence-electron chi connectivity index (χ3n) is 4.31. The van der Waals surface area contributed by atoms with Crippen LogP contribution in [-0.4, -0.2) is 34.1 Å². The lowest BCUT2D eigenvalue weighted by Gasteiger charge is -2.29. The molecule has 16 heavy (non-hydrogen) atoms. The normalized spacial score (nSPS) is 37.1. The van der Waals surface area contributed by atoms with E-state index in [1.54, 1.807) is 0 Å². The van der Waals surface area contributed by atoms with E-state index in [1.807, 2.05) is 0 Å². The topological polar surface area (TPSA) is 83.6 Å². The smallest absolute Gasteiger partial charge is 0.408 e. The number of amides is 2. The number of nitrogens with zero attached hydrogens (tertiary/aromatic N) is 1. The molecule has 3 N–H and O–H groups in total. The highest BCUT2D eigenvalue weighted by atomic mass is 16.4. The number of primary amides is 1. The number of carbonyl (C=O) groups excluding carboxylic acids is 1. The molecule has 0 aromatic rings. The van der Waals surface area contributed by atoms with E-state index in [0.29, 0.717) is 6.42 Å². The van der Waals surface area contributed by atoms with E-state index < -0.39 is 18.0 Å². The fraction of sp³-hybridized carbons (Fsp3) is 0.818. The van der Waals surface area contributed by atoms with E-state index in [4.69, 9.17) is 10.8 Å². The highest BCUT2D eigenvalue weighted by Gasteiger charge is 2.71. The third kappa shape index (κ3) is 1.23. The van der Waals surface area contributed by atoms with E-state index in [1.165, 1.54) is 4.90 Å². The maximum absolute atomic E-state index is 11.3. The van der Waals surface area contributed by atoms with Crippen LogP contribution >= 0.6 is 0 Å². The number of nitrogens with two attached hydrogens (primary N) is 1. The average molecular weight is 226 g/mol. The van der Waals surface area contributed by atoms with Gasteiger partial charge in [-0.1, -0.05) is 20.8 Å². The van der Waals surface area contributed by atoms with Crippen LogP contribution in [0, 0.1) is 10.8 Å². The van der Waals surface area contributed by atoms with Gasteiger partial charge in [-0.15, -0.1) is 0 Å². The van der Waals surface area contributed by atoms with Crippen molar-refractivity contribution in [2.45, 2.75) is 45.7 Å². The van der Waals surface area contributed by atoms with E-state index >= 15 is 0 Å². The summed E-state index contributed by atoms with van der Waals surface area (Å²) in [6.45, 7) is 6.28. The van der Waals surface area contributed by atoms with Gasteiger partial charge in [0.15, 0.2) is 0 Å². The fourth-order valence-corrected chi connectivity index (χ4v) is 3.15. The van der Waals surface area contributed by atoms with Crippen molar-refractivity contribution in [2.75, 3.05) is 0 Å². The van der Waals surface area contributed by atoms with Crippen LogP contribution in [0.1, 0.15) is 33.6 Å².